The standard InChI is InChI=1S/C22H29N3O2/c1-4-8-20(18-9-6-5-7-10-18)24-22(27)16-25(3)15-21(26)23-19-13-11-17(2)12-14-19/h5-7,9-14,20H,4,8,15-16H2,1-3H3,(H,23,26)(H,24,27)/p+1/t20-/m1/s1. The van der Waals surface area contributed by atoms with E-state index in [4.69, 9.17) is 0 Å². The summed E-state index contributed by atoms with van der Waals surface area (Å²) in [5, 5.41) is 5.97. The minimum atomic E-state index is -0.0997. The van der Waals surface area contributed by atoms with Gasteiger partial charge in [0.15, 0.2) is 13.1 Å². The predicted molar refractivity (Wildman–Crippen MR) is 109 cm³/mol. The number of rotatable bonds is 9. The van der Waals surface area contributed by atoms with E-state index in [1.807, 2.05) is 68.6 Å². The summed E-state index contributed by atoms with van der Waals surface area (Å²) in [7, 11) is 1.85. The van der Waals surface area contributed by atoms with Gasteiger partial charge in [0.25, 0.3) is 11.8 Å². The number of quaternary nitrogens is 1. The zero-order chi connectivity index (χ0) is 19.6. The number of carbonyl (C=O) groups is 2. The molecule has 5 heteroatoms. The van der Waals surface area contributed by atoms with Gasteiger partial charge in [-0.3, -0.25) is 9.59 Å². The molecule has 0 heterocycles. The van der Waals surface area contributed by atoms with Crippen molar-refractivity contribution in [2.45, 2.75) is 32.7 Å². The van der Waals surface area contributed by atoms with Gasteiger partial charge in [-0.05, 0) is 31.0 Å². The van der Waals surface area contributed by atoms with Gasteiger partial charge >= 0.3 is 0 Å². The van der Waals surface area contributed by atoms with Crippen molar-refractivity contribution in [2.24, 2.45) is 0 Å². The molecule has 5 nitrogen and oxygen atoms in total. The second-order valence-electron chi connectivity index (χ2n) is 7.04. The lowest BCUT2D eigenvalue weighted by Gasteiger charge is -2.20. The first-order chi connectivity index (χ1) is 13.0. The molecule has 0 saturated carbocycles. The Morgan fingerprint density at radius 2 is 1.59 bits per heavy atom. The Hall–Kier alpha value is -2.66. The van der Waals surface area contributed by atoms with E-state index in [1.54, 1.807) is 0 Å². The van der Waals surface area contributed by atoms with Crippen LogP contribution in [0.5, 0.6) is 0 Å². The molecule has 1 unspecified atom stereocenters. The number of hydrogen-bond donors (Lipinski definition) is 3. The van der Waals surface area contributed by atoms with Gasteiger partial charge in [-0.2, -0.15) is 0 Å². The van der Waals surface area contributed by atoms with Crippen LogP contribution in [0.15, 0.2) is 54.6 Å². The molecule has 0 saturated heterocycles. The van der Waals surface area contributed by atoms with Crippen LogP contribution >= 0.6 is 0 Å². The van der Waals surface area contributed by atoms with Gasteiger partial charge in [0.05, 0.1) is 13.1 Å². The molecule has 2 amide bonds. The first-order valence-electron chi connectivity index (χ1n) is 9.50. The van der Waals surface area contributed by atoms with Gasteiger partial charge in [-0.1, -0.05) is 61.4 Å². The van der Waals surface area contributed by atoms with Crippen molar-refractivity contribution in [3.63, 3.8) is 0 Å². The molecule has 0 aliphatic heterocycles. The number of amides is 2. The Balaban J connectivity index is 1.82. The smallest absolute Gasteiger partial charge is 0.279 e. The van der Waals surface area contributed by atoms with Crippen molar-refractivity contribution >= 4 is 17.5 Å². The molecule has 0 aromatic heterocycles. The van der Waals surface area contributed by atoms with Crippen molar-refractivity contribution < 1.29 is 14.5 Å². The van der Waals surface area contributed by atoms with E-state index < -0.39 is 0 Å². The van der Waals surface area contributed by atoms with Crippen molar-refractivity contribution in [3.8, 4) is 0 Å². The van der Waals surface area contributed by atoms with Crippen LogP contribution in [0.3, 0.4) is 0 Å². The summed E-state index contributed by atoms with van der Waals surface area (Å²) < 4.78 is 0. The molecular weight excluding hydrogens is 338 g/mol. The number of carbonyl (C=O) groups excluding carboxylic acids is 2. The lowest BCUT2D eigenvalue weighted by Crippen LogP contribution is -3.11. The Bertz CT molecular complexity index is 729. The molecule has 2 aromatic carbocycles. The van der Waals surface area contributed by atoms with Crippen LogP contribution < -0.4 is 15.5 Å². The van der Waals surface area contributed by atoms with Gasteiger partial charge in [0.2, 0.25) is 0 Å². The summed E-state index contributed by atoms with van der Waals surface area (Å²) in [5.41, 5.74) is 3.03. The number of aryl methyl sites for hydroxylation is 1. The summed E-state index contributed by atoms with van der Waals surface area (Å²) >= 11 is 0. The molecule has 144 valence electrons. The number of hydrogen-bond acceptors (Lipinski definition) is 2. The summed E-state index contributed by atoms with van der Waals surface area (Å²) in [6.07, 6.45) is 1.88. The average Bonchev–Trinajstić information content (AvgIpc) is 2.63. The van der Waals surface area contributed by atoms with Crippen LogP contribution in [0.25, 0.3) is 0 Å². The first kappa shape index (κ1) is 20.6. The Morgan fingerprint density at radius 3 is 2.22 bits per heavy atom. The van der Waals surface area contributed by atoms with E-state index in [0.29, 0.717) is 0 Å². The average molecular weight is 369 g/mol. The molecule has 0 bridgehead atoms. The summed E-state index contributed by atoms with van der Waals surface area (Å²) in [5.74, 6) is -0.143. The van der Waals surface area contributed by atoms with E-state index in [9.17, 15) is 9.59 Å². The highest BCUT2D eigenvalue weighted by Crippen LogP contribution is 2.17. The monoisotopic (exact) mass is 368 g/mol. The van der Waals surface area contributed by atoms with Gasteiger partial charge in [-0.25, -0.2) is 0 Å². The van der Waals surface area contributed by atoms with Crippen molar-refractivity contribution in [2.75, 3.05) is 25.5 Å². The minimum Gasteiger partial charge on any atom is -0.344 e. The summed E-state index contributed by atoms with van der Waals surface area (Å²) in [4.78, 5) is 25.4. The Labute approximate surface area is 161 Å². The largest absolute Gasteiger partial charge is 0.344 e. The second-order valence-corrected chi connectivity index (χ2v) is 7.04. The van der Waals surface area contributed by atoms with Crippen LogP contribution in [0.2, 0.25) is 0 Å². The van der Waals surface area contributed by atoms with Gasteiger partial charge < -0.3 is 15.5 Å². The predicted octanol–water partition coefficient (Wildman–Crippen LogP) is 2.11. The van der Waals surface area contributed by atoms with Crippen LogP contribution in [0, 0.1) is 6.92 Å². The van der Waals surface area contributed by atoms with Gasteiger partial charge in [-0.15, -0.1) is 0 Å². The molecule has 0 fully saturated rings. The molecule has 2 aromatic rings. The highest BCUT2D eigenvalue weighted by Gasteiger charge is 2.18. The summed E-state index contributed by atoms with van der Waals surface area (Å²) in [6.45, 7) is 4.61. The molecule has 27 heavy (non-hydrogen) atoms. The molecule has 0 aliphatic rings. The molecule has 3 N–H and O–H groups in total. The van der Waals surface area contributed by atoms with Crippen LogP contribution in [-0.4, -0.2) is 32.0 Å². The number of likely N-dealkylation sites (N-methyl/N-ethyl adjacent to an activating group) is 1. The lowest BCUT2D eigenvalue weighted by molar-refractivity contribution is -0.862. The molecule has 0 radical (unpaired) electrons. The SMILES string of the molecule is CCC[C@@H](NC(=O)C[NH+](C)CC(=O)Nc1ccc(C)cc1)c1ccccc1. The zero-order valence-corrected chi connectivity index (χ0v) is 16.4. The van der Waals surface area contributed by atoms with Gasteiger partial charge in [0, 0.05) is 5.69 Å². The maximum Gasteiger partial charge on any atom is 0.279 e. The normalized spacial score (nSPS) is 12.9. The lowest BCUT2D eigenvalue weighted by atomic mass is 10.0. The number of nitrogens with one attached hydrogen (secondary N) is 3. The van der Waals surface area contributed by atoms with Crippen LogP contribution in [0.1, 0.15) is 36.9 Å². The van der Waals surface area contributed by atoms with E-state index >= 15 is 0 Å². The highest BCUT2D eigenvalue weighted by atomic mass is 16.2. The third-order valence-electron chi connectivity index (χ3n) is 4.37. The third kappa shape index (κ3) is 7.23. The van der Waals surface area contributed by atoms with Crippen LogP contribution in [0.4, 0.5) is 5.69 Å². The van der Waals surface area contributed by atoms with E-state index in [2.05, 4.69) is 17.6 Å². The molecule has 2 rings (SSSR count). The maximum atomic E-state index is 12.4. The van der Waals surface area contributed by atoms with Gasteiger partial charge in [0.1, 0.15) is 0 Å². The molecule has 2 atom stereocenters. The molecule has 0 aliphatic carbocycles. The first-order valence-corrected chi connectivity index (χ1v) is 9.50. The number of benzene rings is 2. The Morgan fingerprint density at radius 1 is 0.963 bits per heavy atom. The summed E-state index contributed by atoms with van der Waals surface area (Å²) in [6, 6.07) is 17.7. The van der Waals surface area contributed by atoms with E-state index in [1.165, 1.54) is 0 Å². The van der Waals surface area contributed by atoms with Crippen molar-refractivity contribution in [3.05, 3.63) is 65.7 Å². The van der Waals surface area contributed by atoms with Crippen molar-refractivity contribution in [1.29, 1.82) is 0 Å². The van der Waals surface area contributed by atoms with Crippen LogP contribution in [-0.2, 0) is 9.59 Å². The van der Waals surface area contributed by atoms with E-state index in [-0.39, 0.29) is 30.9 Å². The van der Waals surface area contributed by atoms with Crippen molar-refractivity contribution in [1.82, 2.24) is 5.32 Å². The minimum absolute atomic E-state index is 0.0119. The topological polar surface area (TPSA) is 62.6 Å². The second kappa shape index (κ2) is 10.5. The molecular formula is C22H30N3O2+. The maximum absolute atomic E-state index is 12.4. The zero-order valence-electron chi connectivity index (χ0n) is 16.4. The fourth-order valence-electron chi connectivity index (χ4n) is 2.99. The quantitative estimate of drug-likeness (QED) is 0.635. The number of anilines is 1. The Kier molecular flexibility index (Phi) is 8.01. The molecule has 0 spiro atoms. The fraction of sp³-hybridized carbons (Fsp3) is 0.364. The third-order valence-corrected chi connectivity index (χ3v) is 4.37. The highest BCUT2D eigenvalue weighted by molar-refractivity contribution is 5.91. The van der Waals surface area contributed by atoms with E-state index in [0.717, 1.165) is 34.6 Å². The fourth-order valence-corrected chi connectivity index (χ4v) is 2.99.